The molecule has 2 N–H and O–H groups in total. The Morgan fingerprint density at radius 2 is 2.00 bits per heavy atom. The van der Waals surface area contributed by atoms with Gasteiger partial charge in [0.05, 0.1) is 12.5 Å². The fraction of sp³-hybridized carbons (Fsp3) is 0.500. The molecular weight excluding hydrogens is 270 g/mol. The first-order valence-electron chi connectivity index (χ1n) is 7.17. The topological polar surface area (TPSA) is 75.6 Å². The van der Waals surface area contributed by atoms with E-state index >= 15 is 0 Å². The second-order valence-electron chi connectivity index (χ2n) is 5.60. The summed E-state index contributed by atoms with van der Waals surface area (Å²) in [5.41, 5.74) is 2.55. The minimum atomic E-state index is -1.05. The van der Waals surface area contributed by atoms with E-state index in [1.165, 1.54) is 0 Å². The molecule has 1 heterocycles. The van der Waals surface area contributed by atoms with Gasteiger partial charge in [0.15, 0.2) is 6.04 Å². The Hall–Kier alpha value is -1.88. The number of carboxylic acid groups (broad SMARTS) is 1. The predicted octanol–water partition coefficient (Wildman–Crippen LogP) is 2.11. The van der Waals surface area contributed by atoms with Crippen LogP contribution in [0.2, 0.25) is 0 Å². The summed E-state index contributed by atoms with van der Waals surface area (Å²) >= 11 is 0. The number of nitrogens with one attached hydrogen (secondary N) is 1. The zero-order valence-electron chi connectivity index (χ0n) is 12.4. The summed E-state index contributed by atoms with van der Waals surface area (Å²) in [5, 5.41) is 12.0. The molecule has 0 aliphatic carbocycles. The van der Waals surface area contributed by atoms with Gasteiger partial charge in [0.2, 0.25) is 5.91 Å². The van der Waals surface area contributed by atoms with Crippen LogP contribution in [0.3, 0.4) is 0 Å². The molecule has 0 spiro atoms. The first-order valence-corrected chi connectivity index (χ1v) is 7.17. The van der Waals surface area contributed by atoms with Gasteiger partial charge in [-0.15, -0.1) is 0 Å². The summed E-state index contributed by atoms with van der Waals surface area (Å²) in [7, 11) is 0. The van der Waals surface area contributed by atoms with Crippen LogP contribution in [0.25, 0.3) is 0 Å². The van der Waals surface area contributed by atoms with Crippen LogP contribution in [0.4, 0.5) is 0 Å². The number of aryl methyl sites for hydroxylation is 2. The standard InChI is InChI=1S/C16H21NO4/c1-10-6-11(2)8-12(7-10)15(16(19)20)17-14(18)9-13-4-3-5-21-13/h6-8,13,15H,3-5,9H2,1-2H3,(H,17,18)(H,19,20). The Morgan fingerprint density at radius 3 is 2.52 bits per heavy atom. The highest BCUT2D eigenvalue weighted by atomic mass is 16.5. The Bertz CT molecular complexity index is 515. The minimum Gasteiger partial charge on any atom is -0.479 e. The molecule has 21 heavy (non-hydrogen) atoms. The third kappa shape index (κ3) is 4.29. The fourth-order valence-electron chi connectivity index (χ4n) is 2.70. The molecule has 1 aliphatic rings. The molecule has 0 radical (unpaired) electrons. The van der Waals surface area contributed by atoms with Gasteiger partial charge in [-0.05, 0) is 32.3 Å². The summed E-state index contributed by atoms with van der Waals surface area (Å²) in [6, 6.07) is 4.53. The third-order valence-corrected chi connectivity index (χ3v) is 3.57. The van der Waals surface area contributed by atoms with E-state index in [1.807, 2.05) is 19.9 Å². The molecule has 1 amide bonds. The molecule has 1 fully saturated rings. The Balaban J connectivity index is 2.07. The number of carbonyl (C=O) groups is 2. The molecule has 5 nitrogen and oxygen atoms in total. The lowest BCUT2D eigenvalue weighted by atomic mass is 10.0. The second-order valence-corrected chi connectivity index (χ2v) is 5.60. The molecule has 114 valence electrons. The molecule has 5 heteroatoms. The van der Waals surface area contributed by atoms with Gasteiger partial charge in [-0.2, -0.15) is 0 Å². The van der Waals surface area contributed by atoms with E-state index in [-0.39, 0.29) is 18.4 Å². The van der Waals surface area contributed by atoms with Gasteiger partial charge in [0, 0.05) is 6.61 Å². The van der Waals surface area contributed by atoms with Crippen molar-refractivity contribution in [2.75, 3.05) is 6.61 Å². The first kappa shape index (κ1) is 15.5. The van der Waals surface area contributed by atoms with Crippen LogP contribution in [-0.4, -0.2) is 29.7 Å². The lowest BCUT2D eigenvalue weighted by molar-refractivity contribution is -0.142. The van der Waals surface area contributed by atoms with Crippen molar-refractivity contribution in [1.29, 1.82) is 0 Å². The summed E-state index contributed by atoms with van der Waals surface area (Å²) in [4.78, 5) is 23.5. The number of carboxylic acids is 1. The zero-order valence-corrected chi connectivity index (χ0v) is 12.4. The fourth-order valence-corrected chi connectivity index (χ4v) is 2.70. The van der Waals surface area contributed by atoms with E-state index in [0.717, 1.165) is 24.0 Å². The Labute approximate surface area is 124 Å². The molecule has 0 saturated carbocycles. The van der Waals surface area contributed by atoms with Gasteiger partial charge in [0.25, 0.3) is 0 Å². The highest BCUT2D eigenvalue weighted by molar-refractivity contribution is 5.84. The number of ether oxygens (including phenoxy) is 1. The van der Waals surface area contributed by atoms with Crippen LogP contribution in [0.1, 0.15) is 42.0 Å². The normalized spacial score (nSPS) is 19.2. The molecule has 1 aromatic carbocycles. The highest BCUT2D eigenvalue weighted by Gasteiger charge is 2.25. The lowest BCUT2D eigenvalue weighted by Crippen LogP contribution is -2.35. The van der Waals surface area contributed by atoms with Crippen molar-refractivity contribution in [2.45, 2.75) is 45.3 Å². The quantitative estimate of drug-likeness (QED) is 0.871. The lowest BCUT2D eigenvalue weighted by Gasteiger charge is -2.17. The number of hydrogen-bond donors (Lipinski definition) is 2. The van der Waals surface area contributed by atoms with E-state index in [2.05, 4.69) is 5.32 Å². The van der Waals surface area contributed by atoms with Crippen molar-refractivity contribution in [3.63, 3.8) is 0 Å². The molecule has 2 unspecified atom stereocenters. The number of rotatable bonds is 5. The van der Waals surface area contributed by atoms with E-state index in [1.54, 1.807) is 12.1 Å². The van der Waals surface area contributed by atoms with Crippen molar-refractivity contribution in [3.8, 4) is 0 Å². The molecule has 1 aliphatic heterocycles. The van der Waals surface area contributed by atoms with Crippen LogP contribution >= 0.6 is 0 Å². The van der Waals surface area contributed by atoms with Gasteiger partial charge in [-0.1, -0.05) is 29.3 Å². The first-order chi connectivity index (χ1) is 9.95. The van der Waals surface area contributed by atoms with E-state index in [0.29, 0.717) is 12.2 Å². The Morgan fingerprint density at radius 1 is 1.33 bits per heavy atom. The van der Waals surface area contributed by atoms with Gasteiger partial charge >= 0.3 is 5.97 Å². The van der Waals surface area contributed by atoms with Gasteiger partial charge in [-0.3, -0.25) is 4.79 Å². The van der Waals surface area contributed by atoms with Crippen molar-refractivity contribution in [3.05, 3.63) is 34.9 Å². The van der Waals surface area contributed by atoms with E-state index in [9.17, 15) is 14.7 Å². The summed E-state index contributed by atoms with van der Waals surface area (Å²) < 4.78 is 5.40. The van der Waals surface area contributed by atoms with Crippen LogP contribution in [-0.2, 0) is 14.3 Å². The second kappa shape index (κ2) is 6.72. The zero-order chi connectivity index (χ0) is 15.4. The van der Waals surface area contributed by atoms with Crippen LogP contribution in [0, 0.1) is 13.8 Å². The average molecular weight is 291 g/mol. The summed E-state index contributed by atoms with van der Waals surface area (Å²) in [6.07, 6.45) is 1.94. The van der Waals surface area contributed by atoms with Crippen molar-refractivity contribution < 1.29 is 19.4 Å². The summed E-state index contributed by atoms with van der Waals surface area (Å²) in [6.45, 7) is 4.49. The third-order valence-electron chi connectivity index (χ3n) is 3.57. The summed E-state index contributed by atoms with van der Waals surface area (Å²) in [5.74, 6) is -1.34. The van der Waals surface area contributed by atoms with Crippen molar-refractivity contribution in [1.82, 2.24) is 5.32 Å². The van der Waals surface area contributed by atoms with Crippen LogP contribution < -0.4 is 5.32 Å². The highest BCUT2D eigenvalue weighted by Crippen LogP contribution is 2.19. The molecule has 0 aromatic heterocycles. The number of carbonyl (C=O) groups excluding carboxylic acids is 1. The van der Waals surface area contributed by atoms with Gasteiger partial charge in [0.1, 0.15) is 0 Å². The monoisotopic (exact) mass is 291 g/mol. The van der Waals surface area contributed by atoms with Gasteiger partial charge < -0.3 is 15.2 Å². The van der Waals surface area contributed by atoms with Crippen molar-refractivity contribution in [2.24, 2.45) is 0 Å². The number of benzene rings is 1. The molecule has 2 rings (SSSR count). The smallest absolute Gasteiger partial charge is 0.330 e. The number of aliphatic carboxylic acids is 1. The largest absolute Gasteiger partial charge is 0.479 e. The molecular formula is C16H21NO4. The average Bonchev–Trinajstić information content (AvgIpc) is 2.87. The Kier molecular flexibility index (Phi) is 4.96. The predicted molar refractivity (Wildman–Crippen MR) is 78.0 cm³/mol. The minimum absolute atomic E-state index is 0.0845. The number of amides is 1. The maximum absolute atomic E-state index is 12.0. The molecule has 0 bridgehead atoms. The maximum atomic E-state index is 12.0. The van der Waals surface area contributed by atoms with Crippen molar-refractivity contribution >= 4 is 11.9 Å². The number of hydrogen-bond acceptors (Lipinski definition) is 3. The van der Waals surface area contributed by atoms with E-state index in [4.69, 9.17) is 4.74 Å². The molecule has 1 aromatic rings. The molecule has 1 saturated heterocycles. The van der Waals surface area contributed by atoms with Gasteiger partial charge in [-0.25, -0.2) is 4.79 Å². The van der Waals surface area contributed by atoms with E-state index < -0.39 is 12.0 Å². The molecule has 2 atom stereocenters. The van der Waals surface area contributed by atoms with Crippen LogP contribution in [0.15, 0.2) is 18.2 Å². The maximum Gasteiger partial charge on any atom is 0.330 e. The SMILES string of the molecule is Cc1cc(C)cc(C(NC(=O)CC2CCCO2)C(=O)O)c1. The van der Waals surface area contributed by atoms with Crippen LogP contribution in [0.5, 0.6) is 0 Å².